The van der Waals surface area contributed by atoms with Crippen molar-refractivity contribution >= 4 is 12.2 Å². The molecular weight excluding hydrogens is 312 g/mol. The summed E-state index contributed by atoms with van der Waals surface area (Å²) in [6, 6.07) is 17.5. The third kappa shape index (κ3) is 7.58. The quantitative estimate of drug-likeness (QED) is 0.354. The van der Waals surface area contributed by atoms with Gasteiger partial charge in [0.1, 0.15) is 0 Å². The Morgan fingerprint density at radius 3 is 1.58 bits per heavy atom. The Labute approximate surface area is 159 Å². The lowest BCUT2D eigenvalue weighted by molar-refractivity contribution is 0.717. The topological polar surface area (TPSA) is 0 Å². The van der Waals surface area contributed by atoms with E-state index in [9.17, 15) is 0 Å². The molecule has 2 aromatic rings. The maximum atomic E-state index is 3.07. The van der Waals surface area contributed by atoms with Gasteiger partial charge in [0.2, 0.25) is 0 Å². The highest BCUT2D eigenvalue weighted by Gasteiger charge is 1.93. The molecule has 0 heteroatoms. The van der Waals surface area contributed by atoms with Crippen molar-refractivity contribution in [3.63, 3.8) is 0 Å². The highest BCUT2D eigenvalue weighted by Crippen LogP contribution is 2.10. The van der Waals surface area contributed by atoms with E-state index in [-0.39, 0.29) is 0 Å². The van der Waals surface area contributed by atoms with Crippen LogP contribution in [0.15, 0.2) is 60.7 Å². The lowest BCUT2D eigenvalue weighted by Gasteiger charge is -2.00. The minimum absolute atomic E-state index is 1.15. The van der Waals surface area contributed by atoms with E-state index in [1.165, 1.54) is 54.4 Å². The molecule has 0 spiro atoms. The number of rotatable bonds is 8. The summed E-state index contributed by atoms with van der Waals surface area (Å²) < 4.78 is 0. The van der Waals surface area contributed by atoms with E-state index < -0.39 is 0 Å². The largest absolute Gasteiger partial charge is 0.0702 e. The second-order valence-electron chi connectivity index (χ2n) is 6.65. The number of aryl methyl sites for hydroxylation is 2. The van der Waals surface area contributed by atoms with Crippen LogP contribution < -0.4 is 0 Å². The van der Waals surface area contributed by atoms with E-state index in [4.69, 9.17) is 0 Å². The Hall–Kier alpha value is -2.52. The van der Waals surface area contributed by atoms with Gasteiger partial charge in [0, 0.05) is 0 Å². The fourth-order valence-corrected chi connectivity index (χ4v) is 2.83. The van der Waals surface area contributed by atoms with Crippen molar-refractivity contribution in [3.05, 3.63) is 82.9 Å². The lowest BCUT2D eigenvalue weighted by atomic mass is 10.1. The number of unbranched alkanes of at least 4 members (excludes halogenated alkanes) is 2. The maximum absolute atomic E-state index is 3.07. The number of benzene rings is 2. The summed E-state index contributed by atoms with van der Waals surface area (Å²) >= 11 is 0. The summed E-state index contributed by atoms with van der Waals surface area (Å²) in [7, 11) is 0. The van der Waals surface area contributed by atoms with Gasteiger partial charge >= 0.3 is 0 Å². The zero-order valence-electron chi connectivity index (χ0n) is 16.2. The van der Waals surface area contributed by atoms with Gasteiger partial charge in [-0.1, -0.05) is 93.5 Å². The molecule has 0 unspecified atom stereocenters. The molecule has 0 aliphatic rings. The first-order valence-corrected chi connectivity index (χ1v) is 9.84. The molecule has 0 fully saturated rings. The number of hydrogen-bond acceptors (Lipinski definition) is 0. The van der Waals surface area contributed by atoms with Gasteiger partial charge < -0.3 is 0 Å². The van der Waals surface area contributed by atoms with Crippen LogP contribution in [0.2, 0.25) is 0 Å². The molecule has 0 saturated heterocycles. The van der Waals surface area contributed by atoms with Gasteiger partial charge in [-0.25, -0.2) is 0 Å². The molecule has 134 valence electrons. The molecule has 0 amide bonds. The van der Waals surface area contributed by atoms with Gasteiger partial charge in [0.25, 0.3) is 0 Å². The molecule has 0 aromatic heterocycles. The summed E-state index contributed by atoms with van der Waals surface area (Å²) in [6.45, 7) is 4.45. The van der Waals surface area contributed by atoms with Crippen LogP contribution in [-0.2, 0) is 12.8 Å². The molecule has 0 saturated carbocycles. The van der Waals surface area contributed by atoms with E-state index in [0.717, 1.165) is 6.42 Å². The van der Waals surface area contributed by atoms with Gasteiger partial charge in [0.15, 0.2) is 0 Å². The first-order chi connectivity index (χ1) is 12.8. The minimum atomic E-state index is 1.15. The van der Waals surface area contributed by atoms with Crippen molar-refractivity contribution in [2.24, 2.45) is 0 Å². The lowest BCUT2D eigenvalue weighted by Crippen LogP contribution is -1.85. The molecule has 0 heterocycles. The molecule has 0 bridgehead atoms. The van der Waals surface area contributed by atoms with Crippen LogP contribution in [0, 0.1) is 11.8 Å². The molecule has 0 aliphatic heterocycles. The molecule has 0 aliphatic carbocycles. The van der Waals surface area contributed by atoms with E-state index >= 15 is 0 Å². The van der Waals surface area contributed by atoms with E-state index in [0.29, 0.717) is 0 Å². The monoisotopic (exact) mass is 342 g/mol. The summed E-state index contributed by atoms with van der Waals surface area (Å²) in [5.41, 5.74) is 5.22. The average molecular weight is 343 g/mol. The minimum Gasteiger partial charge on any atom is -0.0702 e. The first-order valence-electron chi connectivity index (χ1n) is 9.84. The Kier molecular flexibility index (Phi) is 9.09. The maximum Gasteiger partial charge on any atom is -0.0109 e. The van der Waals surface area contributed by atoms with Crippen LogP contribution in [0.25, 0.3) is 12.2 Å². The molecule has 0 N–H and O–H groups in total. The molecule has 2 aromatic carbocycles. The summed E-state index contributed by atoms with van der Waals surface area (Å²) in [5, 5.41) is 0. The zero-order valence-corrected chi connectivity index (χ0v) is 16.2. The predicted molar refractivity (Wildman–Crippen MR) is 116 cm³/mol. The van der Waals surface area contributed by atoms with E-state index in [1.807, 2.05) is 12.2 Å². The first kappa shape index (κ1) is 19.8. The van der Waals surface area contributed by atoms with Crippen LogP contribution in [-0.4, -0.2) is 0 Å². The van der Waals surface area contributed by atoms with Gasteiger partial charge in [-0.2, -0.15) is 0 Å². The molecule has 0 radical (unpaired) electrons. The molecule has 0 atom stereocenters. The Morgan fingerprint density at radius 1 is 0.615 bits per heavy atom. The summed E-state index contributed by atoms with van der Waals surface area (Å²) in [4.78, 5) is 0. The average Bonchev–Trinajstić information content (AvgIpc) is 2.67. The second kappa shape index (κ2) is 11.9. The molecular formula is C26H30. The number of hydrogen-bond donors (Lipinski definition) is 0. The van der Waals surface area contributed by atoms with Gasteiger partial charge in [-0.15, -0.1) is 0 Å². The van der Waals surface area contributed by atoms with E-state index in [2.05, 4.69) is 86.4 Å². The normalized spacial score (nSPS) is 11.0. The third-order valence-electron chi connectivity index (χ3n) is 4.37. The fraction of sp³-hybridized carbons (Fsp3) is 0.308. The van der Waals surface area contributed by atoms with Gasteiger partial charge in [0.05, 0.1) is 0 Å². The molecule has 0 nitrogen and oxygen atoms in total. The Bertz CT molecular complexity index is 746. The zero-order chi connectivity index (χ0) is 18.5. The highest BCUT2D eigenvalue weighted by atomic mass is 14.0. The van der Waals surface area contributed by atoms with Crippen LogP contribution in [0.1, 0.15) is 61.8 Å². The van der Waals surface area contributed by atoms with Crippen LogP contribution in [0.3, 0.4) is 0 Å². The van der Waals surface area contributed by atoms with Crippen molar-refractivity contribution in [3.8, 4) is 11.8 Å². The van der Waals surface area contributed by atoms with Gasteiger partial charge in [-0.05, 0) is 65.8 Å². The summed E-state index contributed by atoms with van der Waals surface area (Å²) in [5.74, 6) is 6.15. The van der Waals surface area contributed by atoms with E-state index in [1.54, 1.807) is 0 Å². The Morgan fingerprint density at radius 2 is 1.12 bits per heavy atom. The van der Waals surface area contributed by atoms with Crippen LogP contribution in [0.5, 0.6) is 0 Å². The van der Waals surface area contributed by atoms with Crippen LogP contribution in [0.4, 0.5) is 0 Å². The standard InChI is InChI=1S/C26H30/c1-3-5-8-12-24-19-21-26(22-20-24)14-10-7-6-9-13-25-17-15-23(11-4-2)16-18-25/h9-10,13-22H,3-5,8,11-12H2,1-2H3. The van der Waals surface area contributed by atoms with Crippen molar-refractivity contribution in [1.82, 2.24) is 0 Å². The smallest absolute Gasteiger partial charge is 0.0109 e. The summed E-state index contributed by atoms with van der Waals surface area (Å²) in [6.07, 6.45) is 15.3. The van der Waals surface area contributed by atoms with Crippen molar-refractivity contribution < 1.29 is 0 Å². The predicted octanol–water partition coefficient (Wildman–Crippen LogP) is 7.10. The third-order valence-corrected chi connectivity index (χ3v) is 4.37. The van der Waals surface area contributed by atoms with Crippen molar-refractivity contribution in [2.75, 3.05) is 0 Å². The fourth-order valence-electron chi connectivity index (χ4n) is 2.83. The SMILES string of the molecule is CCCCCc1ccc(C=CC#CC=Cc2ccc(CCC)cc2)cc1. The number of allylic oxidation sites excluding steroid dienone is 2. The Balaban J connectivity index is 1.81. The van der Waals surface area contributed by atoms with Crippen LogP contribution >= 0.6 is 0 Å². The van der Waals surface area contributed by atoms with Crippen molar-refractivity contribution in [1.29, 1.82) is 0 Å². The second-order valence-corrected chi connectivity index (χ2v) is 6.65. The van der Waals surface area contributed by atoms with Crippen molar-refractivity contribution in [2.45, 2.75) is 52.4 Å². The molecule has 26 heavy (non-hydrogen) atoms. The molecule has 2 rings (SSSR count). The highest BCUT2D eigenvalue weighted by molar-refractivity contribution is 5.56. The van der Waals surface area contributed by atoms with Gasteiger partial charge in [-0.3, -0.25) is 0 Å².